The van der Waals surface area contributed by atoms with E-state index in [1.807, 2.05) is 0 Å². The molecule has 0 amide bonds. The van der Waals surface area contributed by atoms with E-state index in [0.29, 0.717) is 19.3 Å². The highest BCUT2D eigenvalue weighted by atomic mass is 16.4. The van der Waals surface area contributed by atoms with Crippen molar-refractivity contribution in [3.63, 3.8) is 0 Å². The first-order valence-electron chi connectivity index (χ1n) is 4.64. The summed E-state index contributed by atoms with van der Waals surface area (Å²) in [5.74, 6) is -1.76. The average Bonchev–Trinajstić information content (AvgIpc) is 2.08. The van der Waals surface area contributed by atoms with Gasteiger partial charge in [-0.25, -0.2) is 0 Å². The Bertz CT molecular complexity index is 190. The molecule has 0 aromatic carbocycles. The van der Waals surface area contributed by atoms with Gasteiger partial charge in [-0.3, -0.25) is 9.59 Å². The first kappa shape index (κ1) is 12.9. The van der Waals surface area contributed by atoms with Crippen molar-refractivity contribution in [1.29, 1.82) is 0 Å². The molecule has 5 heteroatoms. The maximum atomic E-state index is 10.1. The first-order chi connectivity index (χ1) is 6.52. The van der Waals surface area contributed by atoms with Gasteiger partial charge in [0.1, 0.15) is 0 Å². The minimum absolute atomic E-state index is 0.0416. The van der Waals surface area contributed by atoms with Crippen molar-refractivity contribution in [2.75, 3.05) is 0 Å². The molecule has 0 radical (unpaired) electrons. The number of carbonyl (C=O) groups is 2. The number of hydrogen-bond donors (Lipinski definition) is 3. The molecular weight excluding hydrogens is 188 g/mol. The fraction of sp³-hybridized carbons (Fsp3) is 0.778. The van der Waals surface area contributed by atoms with Crippen LogP contribution in [0.15, 0.2) is 0 Å². The Kier molecular flexibility index (Phi) is 6.74. The normalized spacial score (nSPS) is 12.4. The summed E-state index contributed by atoms with van der Waals surface area (Å²) in [5, 5.41) is 25.9. The fourth-order valence-electron chi connectivity index (χ4n) is 1.09. The summed E-state index contributed by atoms with van der Waals surface area (Å²) in [6.07, 6.45) is 1.29. The number of carboxylic acids is 2. The molecule has 0 aliphatic rings. The van der Waals surface area contributed by atoms with Gasteiger partial charge in [0.2, 0.25) is 0 Å². The van der Waals surface area contributed by atoms with Gasteiger partial charge in [-0.15, -0.1) is 0 Å². The maximum absolute atomic E-state index is 10.1. The molecular formula is C9H16O5. The third-order valence-electron chi connectivity index (χ3n) is 1.87. The molecule has 0 saturated heterocycles. The molecule has 14 heavy (non-hydrogen) atoms. The summed E-state index contributed by atoms with van der Waals surface area (Å²) >= 11 is 0. The van der Waals surface area contributed by atoms with Gasteiger partial charge >= 0.3 is 11.9 Å². The molecule has 0 aliphatic heterocycles. The molecule has 3 N–H and O–H groups in total. The molecule has 0 fully saturated rings. The molecule has 0 aliphatic carbocycles. The van der Waals surface area contributed by atoms with Crippen LogP contribution in [0.3, 0.4) is 0 Å². The van der Waals surface area contributed by atoms with Gasteiger partial charge in [0, 0.05) is 12.8 Å². The smallest absolute Gasteiger partial charge is 0.303 e. The van der Waals surface area contributed by atoms with E-state index in [-0.39, 0.29) is 19.3 Å². The Hall–Kier alpha value is -1.10. The monoisotopic (exact) mass is 204 g/mol. The van der Waals surface area contributed by atoms with Gasteiger partial charge in [0.25, 0.3) is 0 Å². The van der Waals surface area contributed by atoms with E-state index in [9.17, 15) is 14.7 Å². The van der Waals surface area contributed by atoms with Crippen molar-refractivity contribution in [3.8, 4) is 0 Å². The fourth-order valence-corrected chi connectivity index (χ4v) is 1.09. The van der Waals surface area contributed by atoms with Crippen LogP contribution in [0, 0.1) is 0 Å². The maximum Gasteiger partial charge on any atom is 0.303 e. The predicted octanol–water partition coefficient (Wildman–Crippen LogP) is 0.857. The molecule has 0 spiro atoms. The third kappa shape index (κ3) is 8.99. The number of rotatable bonds is 8. The van der Waals surface area contributed by atoms with Crippen molar-refractivity contribution < 1.29 is 24.9 Å². The Balaban J connectivity index is 3.30. The molecule has 0 saturated carbocycles. The summed E-state index contributed by atoms with van der Waals surface area (Å²) in [7, 11) is 0. The van der Waals surface area contributed by atoms with Crippen molar-refractivity contribution in [3.05, 3.63) is 0 Å². The van der Waals surface area contributed by atoms with Crippen LogP contribution >= 0.6 is 0 Å². The largest absolute Gasteiger partial charge is 0.481 e. The van der Waals surface area contributed by atoms with Crippen LogP contribution in [0.4, 0.5) is 0 Å². The lowest BCUT2D eigenvalue weighted by atomic mass is 10.1. The minimum atomic E-state index is -0.922. The highest BCUT2D eigenvalue weighted by Crippen LogP contribution is 2.08. The van der Waals surface area contributed by atoms with Gasteiger partial charge in [-0.2, -0.15) is 0 Å². The lowest BCUT2D eigenvalue weighted by Crippen LogP contribution is -2.09. The Morgan fingerprint density at radius 2 is 1.50 bits per heavy atom. The molecule has 0 aromatic rings. The minimum Gasteiger partial charge on any atom is -0.481 e. The van der Waals surface area contributed by atoms with Gasteiger partial charge in [0.05, 0.1) is 6.10 Å². The lowest BCUT2D eigenvalue weighted by molar-refractivity contribution is -0.138. The Labute approximate surface area is 82.4 Å². The molecule has 0 heterocycles. The van der Waals surface area contributed by atoms with Crippen LogP contribution in [0.5, 0.6) is 0 Å². The summed E-state index contributed by atoms with van der Waals surface area (Å²) in [5.41, 5.74) is 0. The number of hydrogen-bond acceptors (Lipinski definition) is 3. The zero-order chi connectivity index (χ0) is 11.0. The summed E-state index contributed by atoms with van der Waals surface area (Å²) in [6.45, 7) is 0. The van der Waals surface area contributed by atoms with E-state index in [1.54, 1.807) is 0 Å². The topological polar surface area (TPSA) is 94.8 Å². The van der Waals surface area contributed by atoms with E-state index < -0.39 is 18.0 Å². The number of aliphatic hydroxyl groups is 1. The SMILES string of the molecule is O=C(O)CCCCC(O)CCC(=O)O. The second-order valence-electron chi connectivity index (χ2n) is 3.23. The Morgan fingerprint density at radius 1 is 0.929 bits per heavy atom. The summed E-state index contributed by atoms with van der Waals surface area (Å²) in [6, 6.07) is 0. The number of unbranched alkanes of at least 4 members (excludes halogenated alkanes) is 1. The summed E-state index contributed by atoms with van der Waals surface area (Å²) < 4.78 is 0. The van der Waals surface area contributed by atoms with Crippen molar-refractivity contribution in [2.24, 2.45) is 0 Å². The van der Waals surface area contributed by atoms with Crippen LogP contribution < -0.4 is 0 Å². The van der Waals surface area contributed by atoms with Crippen LogP contribution in [0.1, 0.15) is 38.5 Å². The molecule has 5 nitrogen and oxygen atoms in total. The zero-order valence-electron chi connectivity index (χ0n) is 7.98. The molecule has 0 aromatic heterocycles. The molecule has 1 unspecified atom stereocenters. The lowest BCUT2D eigenvalue weighted by Gasteiger charge is -2.07. The molecule has 1 atom stereocenters. The van der Waals surface area contributed by atoms with Gasteiger partial charge in [-0.1, -0.05) is 6.42 Å². The highest BCUT2D eigenvalue weighted by molar-refractivity contribution is 5.66. The quantitative estimate of drug-likeness (QED) is 0.509. The molecule has 82 valence electrons. The van der Waals surface area contributed by atoms with Crippen LogP contribution in [0.2, 0.25) is 0 Å². The number of carboxylic acid groups (broad SMARTS) is 2. The number of aliphatic carboxylic acids is 2. The van der Waals surface area contributed by atoms with E-state index in [1.165, 1.54) is 0 Å². The van der Waals surface area contributed by atoms with Gasteiger partial charge in [0.15, 0.2) is 0 Å². The highest BCUT2D eigenvalue weighted by Gasteiger charge is 2.07. The molecule has 0 bridgehead atoms. The third-order valence-corrected chi connectivity index (χ3v) is 1.87. The first-order valence-corrected chi connectivity index (χ1v) is 4.64. The van der Waals surface area contributed by atoms with Crippen molar-refractivity contribution >= 4 is 11.9 Å². The van der Waals surface area contributed by atoms with Crippen molar-refractivity contribution in [1.82, 2.24) is 0 Å². The predicted molar refractivity (Wildman–Crippen MR) is 49.0 cm³/mol. The second-order valence-corrected chi connectivity index (χ2v) is 3.23. The van der Waals surface area contributed by atoms with Crippen LogP contribution in [0.25, 0.3) is 0 Å². The van der Waals surface area contributed by atoms with Gasteiger partial charge in [-0.05, 0) is 19.3 Å². The standard InChI is InChI=1S/C9H16O5/c10-7(5-6-9(13)14)3-1-2-4-8(11)12/h7,10H,1-6H2,(H,11,12)(H,13,14). The van der Waals surface area contributed by atoms with Crippen molar-refractivity contribution in [2.45, 2.75) is 44.6 Å². The van der Waals surface area contributed by atoms with E-state index in [2.05, 4.69) is 0 Å². The van der Waals surface area contributed by atoms with Crippen LogP contribution in [-0.2, 0) is 9.59 Å². The number of aliphatic hydroxyl groups excluding tert-OH is 1. The van der Waals surface area contributed by atoms with Crippen LogP contribution in [-0.4, -0.2) is 33.4 Å². The summed E-state index contributed by atoms with van der Waals surface area (Å²) in [4.78, 5) is 20.3. The average molecular weight is 204 g/mol. The van der Waals surface area contributed by atoms with Gasteiger partial charge < -0.3 is 15.3 Å². The van der Waals surface area contributed by atoms with E-state index >= 15 is 0 Å². The van der Waals surface area contributed by atoms with E-state index in [4.69, 9.17) is 10.2 Å². The zero-order valence-corrected chi connectivity index (χ0v) is 7.98. The second kappa shape index (κ2) is 7.32. The Morgan fingerprint density at radius 3 is 2.00 bits per heavy atom. The van der Waals surface area contributed by atoms with E-state index in [0.717, 1.165) is 0 Å². The molecule has 0 rings (SSSR count).